The fourth-order valence-corrected chi connectivity index (χ4v) is 17.2. The molecule has 0 aromatic heterocycles. The molecule has 2 fully saturated rings. The smallest absolute Gasteiger partial charge is 0.342 e. The van der Waals surface area contributed by atoms with Crippen molar-refractivity contribution in [1.82, 2.24) is 0 Å². The van der Waals surface area contributed by atoms with E-state index in [0.717, 1.165) is 28.4 Å². The van der Waals surface area contributed by atoms with Crippen LogP contribution >= 0.6 is 34.4 Å². The predicted octanol–water partition coefficient (Wildman–Crippen LogP) is 15.7. The number of ether oxygens (including phenoxy) is 6. The summed E-state index contributed by atoms with van der Waals surface area (Å²) in [5.74, 6) is -0.929. The first-order valence-electron chi connectivity index (χ1n) is 27.5. The van der Waals surface area contributed by atoms with Gasteiger partial charge in [-0.15, -0.1) is 11.8 Å². The van der Waals surface area contributed by atoms with Gasteiger partial charge in [-0.1, -0.05) is 182 Å². The molecule has 0 bridgehead atoms. The van der Waals surface area contributed by atoms with Crippen molar-refractivity contribution in [2.24, 2.45) is 5.92 Å². The van der Waals surface area contributed by atoms with Gasteiger partial charge in [0.25, 0.3) is 8.32 Å². The van der Waals surface area contributed by atoms with Crippen LogP contribution in [0.25, 0.3) is 0 Å². The van der Waals surface area contributed by atoms with Crippen LogP contribution in [0.2, 0.25) is 48.9 Å². The molecule has 2 unspecified atom stereocenters. The molecular weight excluding hydrogens is 1150 g/mol. The molecule has 2 aliphatic rings. The highest BCUT2D eigenvalue weighted by Gasteiger charge is 2.52. The average Bonchev–Trinajstić information content (AvgIpc) is 3.97. The molecule has 0 N–H and O–H groups in total. The van der Waals surface area contributed by atoms with Crippen LogP contribution in [0.5, 0.6) is 5.75 Å². The van der Waals surface area contributed by atoms with Gasteiger partial charge in [0, 0.05) is 48.5 Å². The molecule has 2 saturated heterocycles. The second-order valence-corrected chi connectivity index (χ2v) is 41.3. The summed E-state index contributed by atoms with van der Waals surface area (Å²) in [6, 6.07) is 35.0. The predicted molar refractivity (Wildman–Crippen MR) is 334 cm³/mol. The van der Waals surface area contributed by atoms with E-state index in [2.05, 4.69) is 190 Å². The molecule has 2 heterocycles. The van der Waals surface area contributed by atoms with E-state index in [-0.39, 0.29) is 64.1 Å². The summed E-state index contributed by atoms with van der Waals surface area (Å²) in [4.78, 5) is 13.8. The first kappa shape index (κ1) is 66.8. The third kappa shape index (κ3) is 20.4. The van der Waals surface area contributed by atoms with Gasteiger partial charge in [-0.05, 0) is 117 Å². The highest BCUT2D eigenvalue weighted by Crippen LogP contribution is 2.42. The van der Waals surface area contributed by atoms with E-state index in [1.165, 1.54) is 54.2 Å². The average molecular weight is 1250 g/mol. The molecular formula is C62H94FIO9SSi3. The highest BCUT2D eigenvalue weighted by molar-refractivity contribution is 14.1. The number of alkyl halides is 1. The second-order valence-electron chi connectivity index (χ2n) is 24.5. The topological polar surface area (TPSA) is 90.9 Å². The zero-order valence-electron chi connectivity index (χ0n) is 49.6. The Labute approximate surface area is 485 Å². The molecule has 0 radical (unpaired) electrons. The molecule has 77 heavy (non-hydrogen) atoms. The molecule has 6 rings (SSSR count). The fourth-order valence-electron chi connectivity index (χ4n) is 8.87. The number of carbonyl (C=O) groups excluding carboxylic acids is 1. The molecule has 0 amide bonds. The normalized spacial score (nSPS) is 19.1. The minimum Gasteiger partial charge on any atom is -0.467 e. The molecule has 4 aromatic rings. The van der Waals surface area contributed by atoms with Gasteiger partial charge in [-0.25, -0.2) is 9.18 Å². The lowest BCUT2D eigenvalue weighted by Crippen LogP contribution is -2.67. The van der Waals surface area contributed by atoms with Gasteiger partial charge in [0.15, 0.2) is 20.9 Å². The summed E-state index contributed by atoms with van der Waals surface area (Å²) in [5, 5.41) is 2.61. The Bertz CT molecular complexity index is 2350. The summed E-state index contributed by atoms with van der Waals surface area (Å²) in [6.07, 6.45) is 8.19. The molecule has 15 heteroatoms. The van der Waals surface area contributed by atoms with Crippen LogP contribution in [-0.2, 0) is 38.3 Å². The van der Waals surface area contributed by atoms with Crippen molar-refractivity contribution < 1.29 is 46.5 Å². The second kappa shape index (κ2) is 30.4. The number of hydrogen-bond donors (Lipinski definition) is 0. The van der Waals surface area contributed by atoms with Gasteiger partial charge in [0.1, 0.15) is 23.2 Å². The maximum absolute atomic E-state index is 14.6. The number of rotatable bonds is 22. The maximum atomic E-state index is 14.6. The summed E-state index contributed by atoms with van der Waals surface area (Å²) < 4.78 is 64.2. The number of methoxy groups -OCH3 is 1. The standard InChI is InChI=1S/C36H57IO4Si2.C21H27FO4SSi.C5H10O/c1-27(23-24-32(41-42(11,12)34(3,4)5)33-31(25-26-37)38-36(9,10)39-33)28(2)40-43(35(6,7)8,29-19-15-13-16-20-29)30-21-17-14-18-22-30;1-24-15-26-19-11-10-18(22)17(14-27-16-8-6-5-7-9-16)20(19)21(23)25-12-13-28(2,3)4;1-5-3-2-4-6-5/h13-24,27-28,31-33H,25-26H2,1-12H3;5-11H,12-15H2,1-4H3;5H,2-4H2,1H3/b24-23-;;/t27-,28-,31+,32?,33+;;/m1../s1. The van der Waals surface area contributed by atoms with Gasteiger partial charge in [-0.3, -0.25) is 0 Å². The van der Waals surface area contributed by atoms with E-state index in [1.54, 1.807) is 0 Å². The largest absolute Gasteiger partial charge is 0.467 e. The SMILES string of the molecule is CC1CCCO1.COCOc1ccc(F)c(CSc2ccccc2)c1C(=O)OCC[Si](C)(C)C.C[C@H](/C=C\C(O[Si](C)(C)C(C)(C)C)[C@H]1OC(C)(C)O[C@H]1CCI)[C@@H](C)O[Si](c1ccccc1)(c1ccccc1)C(C)(C)C. The van der Waals surface area contributed by atoms with E-state index in [4.69, 9.17) is 37.3 Å². The number of thioether (sulfide) groups is 1. The van der Waals surface area contributed by atoms with Gasteiger partial charge in [-0.2, -0.15) is 0 Å². The molecule has 0 spiro atoms. The van der Waals surface area contributed by atoms with Gasteiger partial charge in [0.2, 0.25) is 0 Å². The van der Waals surface area contributed by atoms with Crippen LogP contribution in [0.4, 0.5) is 4.39 Å². The number of benzene rings is 4. The maximum Gasteiger partial charge on any atom is 0.342 e. The summed E-state index contributed by atoms with van der Waals surface area (Å²) in [5.41, 5.74) is 0.413. The van der Waals surface area contributed by atoms with Crippen molar-refractivity contribution in [3.8, 4) is 5.75 Å². The minimum atomic E-state index is -2.66. The Hall–Kier alpha value is -2.69. The van der Waals surface area contributed by atoms with E-state index in [0.29, 0.717) is 18.5 Å². The lowest BCUT2D eigenvalue weighted by atomic mass is 10.0. The Morgan fingerprint density at radius 1 is 0.831 bits per heavy atom. The summed E-state index contributed by atoms with van der Waals surface area (Å²) in [7, 11) is -4.62. The Balaban J connectivity index is 0.000000320. The van der Waals surface area contributed by atoms with Crippen molar-refractivity contribution >= 4 is 75.4 Å². The number of esters is 1. The van der Waals surface area contributed by atoms with Gasteiger partial charge >= 0.3 is 5.97 Å². The third-order valence-electron chi connectivity index (χ3n) is 14.4. The van der Waals surface area contributed by atoms with E-state index < -0.39 is 42.3 Å². The zero-order valence-corrected chi connectivity index (χ0v) is 55.6. The van der Waals surface area contributed by atoms with Crippen molar-refractivity contribution in [3.63, 3.8) is 0 Å². The Kier molecular flexibility index (Phi) is 26.4. The molecule has 6 atom stereocenters. The van der Waals surface area contributed by atoms with Crippen LogP contribution in [0, 0.1) is 11.7 Å². The van der Waals surface area contributed by atoms with Crippen molar-refractivity contribution in [3.05, 3.63) is 132 Å². The molecule has 0 aliphatic carbocycles. The highest BCUT2D eigenvalue weighted by atomic mass is 127. The molecule has 2 aliphatic heterocycles. The quantitative estimate of drug-likeness (QED) is 0.0144. The van der Waals surface area contributed by atoms with Crippen LogP contribution in [0.1, 0.15) is 111 Å². The van der Waals surface area contributed by atoms with Crippen molar-refractivity contribution in [2.45, 2.75) is 191 Å². The summed E-state index contributed by atoms with van der Waals surface area (Å²) in [6.45, 7) is 37.1. The van der Waals surface area contributed by atoms with Crippen LogP contribution in [-0.4, -0.2) is 98.5 Å². The fraction of sp³-hybridized carbons (Fsp3) is 0.565. The lowest BCUT2D eigenvalue weighted by Gasteiger charge is -2.45. The Morgan fingerprint density at radius 2 is 1.42 bits per heavy atom. The molecule has 428 valence electrons. The lowest BCUT2D eigenvalue weighted by molar-refractivity contribution is -0.152. The summed E-state index contributed by atoms with van der Waals surface area (Å²) >= 11 is 3.89. The Morgan fingerprint density at radius 3 is 1.90 bits per heavy atom. The number of halogens is 2. The van der Waals surface area contributed by atoms with Crippen LogP contribution in [0.3, 0.4) is 0 Å². The van der Waals surface area contributed by atoms with Gasteiger partial charge < -0.3 is 37.3 Å². The number of carbonyl (C=O) groups is 1. The van der Waals surface area contributed by atoms with E-state index in [9.17, 15) is 9.18 Å². The third-order valence-corrected chi connectivity index (χ3v) is 27.4. The van der Waals surface area contributed by atoms with Crippen LogP contribution in [0.15, 0.2) is 120 Å². The zero-order chi connectivity index (χ0) is 57.2. The monoisotopic (exact) mass is 1240 g/mol. The van der Waals surface area contributed by atoms with E-state index in [1.807, 2.05) is 44.2 Å². The first-order valence-corrected chi connectivity index (χ1v) is 38.6. The number of hydrogen-bond acceptors (Lipinski definition) is 10. The van der Waals surface area contributed by atoms with Gasteiger partial charge in [0.05, 0.1) is 24.9 Å². The van der Waals surface area contributed by atoms with Crippen molar-refractivity contribution in [2.75, 3.05) is 31.5 Å². The first-order chi connectivity index (χ1) is 36.1. The van der Waals surface area contributed by atoms with Crippen LogP contribution < -0.4 is 15.1 Å². The molecule has 0 saturated carbocycles. The molecule has 4 aromatic carbocycles. The van der Waals surface area contributed by atoms with E-state index >= 15 is 0 Å². The van der Waals surface area contributed by atoms with Crippen molar-refractivity contribution in [1.29, 1.82) is 0 Å². The molecule has 9 nitrogen and oxygen atoms in total. The minimum absolute atomic E-state index is 0.00703.